The van der Waals surface area contributed by atoms with Crippen molar-refractivity contribution in [3.05, 3.63) is 100 Å². The summed E-state index contributed by atoms with van der Waals surface area (Å²) in [5, 5.41) is 5.41. The predicted molar refractivity (Wildman–Crippen MR) is 125 cm³/mol. The van der Waals surface area contributed by atoms with E-state index in [1.165, 1.54) is 24.3 Å². The molecule has 7 nitrogen and oxygen atoms in total. The van der Waals surface area contributed by atoms with E-state index in [0.29, 0.717) is 22.9 Å². The van der Waals surface area contributed by atoms with E-state index in [1.807, 2.05) is 18.2 Å². The number of halogens is 2. The number of anilines is 1. The smallest absolute Gasteiger partial charge is 0.329 e. The lowest BCUT2D eigenvalue weighted by Gasteiger charge is -2.12. The second-order valence-electron chi connectivity index (χ2n) is 7.36. The van der Waals surface area contributed by atoms with Crippen LogP contribution < -0.4 is 15.4 Å². The van der Waals surface area contributed by atoms with Crippen molar-refractivity contribution < 1.29 is 23.5 Å². The maximum absolute atomic E-state index is 13.7. The van der Waals surface area contributed by atoms with Crippen LogP contribution >= 0.6 is 11.6 Å². The molecule has 0 radical (unpaired) electrons. The average Bonchev–Trinajstić information content (AvgIpc) is 3.08. The molecule has 3 aromatic rings. The molecule has 4 amide bonds. The van der Waals surface area contributed by atoms with Crippen LogP contribution in [-0.4, -0.2) is 29.3 Å². The number of urea groups is 1. The molecule has 1 aliphatic heterocycles. The first-order valence-corrected chi connectivity index (χ1v) is 10.6. The highest BCUT2D eigenvalue weighted by Crippen LogP contribution is 2.21. The van der Waals surface area contributed by atoms with Gasteiger partial charge in [-0.25, -0.2) is 14.1 Å². The van der Waals surface area contributed by atoms with Gasteiger partial charge in [-0.1, -0.05) is 54.1 Å². The van der Waals surface area contributed by atoms with Gasteiger partial charge in [0.25, 0.3) is 5.91 Å². The zero-order valence-electron chi connectivity index (χ0n) is 17.8. The molecule has 0 saturated carbocycles. The zero-order valence-corrected chi connectivity index (χ0v) is 18.5. The van der Waals surface area contributed by atoms with E-state index in [9.17, 15) is 18.8 Å². The Labute approximate surface area is 199 Å². The molecule has 3 aromatic carbocycles. The zero-order chi connectivity index (χ0) is 24.1. The fourth-order valence-corrected chi connectivity index (χ4v) is 3.40. The number of rotatable bonds is 7. The number of hydrogen-bond donors (Lipinski definition) is 2. The van der Waals surface area contributed by atoms with Crippen molar-refractivity contribution in [3.8, 4) is 5.75 Å². The summed E-state index contributed by atoms with van der Waals surface area (Å²) in [6.07, 6.45) is 1.49. The molecular formula is C25H19ClFN3O4. The number of hydrogen-bond acceptors (Lipinski definition) is 4. The SMILES string of the molecule is O=C(CN1C(=O)N/C(=C/c2ccc(OCc3ccccc3Cl)cc2)C1=O)Nc1ccccc1F. The monoisotopic (exact) mass is 479 g/mol. The minimum absolute atomic E-state index is 0.0217. The number of ether oxygens (including phenoxy) is 1. The third-order valence-corrected chi connectivity index (χ3v) is 5.32. The topological polar surface area (TPSA) is 87.7 Å². The Hall–Kier alpha value is -4.17. The van der Waals surface area contributed by atoms with Gasteiger partial charge in [-0.3, -0.25) is 9.59 Å². The van der Waals surface area contributed by atoms with Crippen LogP contribution in [0.4, 0.5) is 14.9 Å². The molecule has 0 unspecified atom stereocenters. The van der Waals surface area contributed by atoms with Gasteiger partial charge in [-0.2, -0.15) is 0 Å². The van der Waals surface area contributed by atoms with Gasteiger partial charge in [-0.15, -0.1) is 0 Å². The van der Waals surface area contributed by atoms with E-state index in [4.69, 9.17) is 16.3 Å². The molecule has 1 heterocycles. The van der Waals surface area contributed by atoms with Gasteiger partial charge < -0.3 is 15.4 Å². The Morgan fingerprint density at radius 1 is 1.03 bits per heavy atom. The van der Waals surface area contributed by atoms with Crippen molar-refractivity contribution in [2.24, 2.45) is 0 Å². The van der Waals surface area contributed by atoms with Gasteiger partial charge in [0.1, 0.15) is 30.4 Å². The van der Waals surface area contributed by atoms with Crippen molar-refractivity contribution in [2.75, 3.05) is 11.9 Å². The van der Waals surface area contributed by atoms with E-state index in [0.717, 1.165) is 10.5 Å². The second kappa shape index (κ2) is 10.2. The summed E-state index contributed by atoms with van der Waals surface area (Å²) in [6, 6.07) is 19.2. The predicted octanol–water partition coefficient (Wildman–Crippen LogP) is 4.59. The first kappa shape index (κ1) is 23.0. The summed E-state index contributed by atoms with van der Waals surface area (Å²) in [7, 11) is 0. The largest absolute Gasteiger partial charge is 0.489 e. The summed E-state index contributed by atoms with van der Waals surface area (Å²) < 4.78 is 19.4. The molecule has 172 valence electrons. The van der Waals surface area contributed by atoms with E-state index in [1.54, 1.807) is 36.4 Å². The molecule has 0 spiro atoms. The number of imide groups is 1. The number of nitrogens with one attached hydrogen (secondary N) is 2. The number of carbonyl (C=O) groups is 3. The molecule has 1 saturated heterocycles. The maximum atomic E-state index is 13.7. The Bertz CT molecular complexity index is 1280. The van der Waals surface area contributed by atoms with Gasteiger partial charge in [0, 0.05) is 10.6 Å². The van der Waals surface area contributed by atoms with Gasteiger partial charge in [-0.05, 0) is 42.0 Å². The minimum atomic E-state index is -0.736. The second-order valence-corrected chi connectivity index (χ2v) is 7.76. The van der Waals surface area contributed by atoms with Crippen LogP contribution in [-0.2, 0) is 16.2 Å². The molecule has 0 atom stereocenters. The molecule has 4 rings (SSSR count). The van der Waals surface area contributed by atoms with Crippen LogP contribution in [0.15, 0.2) is 78.5 Å². The lowest BCUT2D eigenvalue weighted by molar-refractivity contribution is -0.127. The van der Waals surface area contributed by atoms with Crippen LogP contribution in [0.5, 0.6) is 5.75 Å². The molecule has 1 fully saturated rings. The molecule has 2 N–H and O–H groups in total. The fourth-order valence-electron chi connectivity index (χ4n) is 3.21. The van der Waals surface area contributed by atoms with E-state index in [2.05, 4.69) is 10.6 Å². The molecule has 1 aliphatic rings. The van der Waals surface area contributed by atoms with E-state index in [-0.39, 0.29) is 11.4 Å². The summed E-state index contributed by atoms with van der Waals surface area (Å²) in [5.74, 6) is -1.37. The first-order chi connectivity index (χ1) is 16.4. The van der Waals surface area contributed by atoms with Gasteiger partial charge in [0.05, 0.1) is 5.69 Å². The number of benzene rings is 3. The summed E-state index contributed by atoms with van der Waals surface area (Å²) >= 11 is 6.13. The Balaban J connectivity index is 1.37. The third kappa shape index (κ3) is 5.41. The Kier molecular flexibility index (Phi) is 6.89. The highest BCUT2D eigenvalue weighted by atomic mass is 35.5. The lowest BCUT2D eigenvalue weighted by atomic mass is 10.2. The average molecular weight is 480 g/mol. The van der Waals surface area contributed by atoms with Crippen molar-refractivity contribution in [3.63, 3.8) is 0 Å². The lowest BCUT2D eigenvalue weighted by Crippen LogP contribution is -2.38. The normalized spacial score (nSPS) is 14.3. The number of nitrogens with zero attached hydrogens (tertiary/aromatic N) is 1. The van der Waals surface area contributed by atoms with E-state index < -0.39 is 30.2 Å². The van der Waals surface area contributed by atoms with Crippen LogP contribution in [0.2, 0.25) is 5.02 Å². The highest BCUT2D eigenvalue weighted by molar-refractivity contribution is 6.31. The molecule has 9 heteroatoms. The minimum Gasteiger partial charge on any atom is -0.489 e. The molecule has 0 aliphatic carbocycles. The molecule has 0 bridgehead atoms. The Morgan fingerprint density at radius 2 is 1.74 bits per heavy atom. The number of para-hydroxylation sites is 1. The molecule has 34 heavy (non-hydrogen) atoms. The number of carbonyl (C=O) groups excluding carboxylic acids is 3. The van der Waals surface area contributed by atoms with Gasteiger partial charge >= 0.3 is 6.03 Å². The fraction of sp³-hybridized carbons (Fsp3) is 0.0800. The standard InChI is InChI=1S/C25H19ClFN3O4/c26-19-6-2-1-5-17(19)15-34-18-11-9-16(10-12-18)13-22-24(32)30(25(33)29-22)14-23(31)28-21-8-4-3-7-20(21)27/h1-13H,14-15H2,(H,28,31)(H,29,33)/b22-13+. The maximum Gasteiger partial charge on any atom is 0.329 e. The quantitative estimate of drug-likeness (QED) is 0.383. The number of amides is 4. The van der Waals surface area contributed by atoms with Crippen molar-refractivity contribution in [1.82, 2.24) is 10.2 Å². The van der Waals surface area contributed by atoms with Crippen molar-refractivity contribution in [2.45, 2.75) is 6.61 Å². The summed E-state index contributed by atoms with van der Waals surface area (Å²) in [6.45, 7) is -0.246. The van der Waals surface area contributed by atoms with Crippen molar-refractivity contribution in [1.29, 1.82) is 0 Å². The van der Waals surface area contributed by atoms with Crippen LogP contribution in [0.3, 0.4) is 0 Å². The highest BCUT2D eigenvalue weighted by Gasteiger charge is 2.35. The summed E-state index contributed by atoms with van der Waals surface area (Å²) in [5.41, 5.74) is 1.49. The van der Waals surface area contributed by atoms with E-state index >= 15 is 0 Å². The van der Waals surface area contributed by atoms with Crippen molar-refractivity contribution >= 4 is 41.2 Å². The molecular weight excluding hydrogens is 461 g/mol. The van der Waals surface area contributed by atoms with Crippen LogP contribution in [0.25, 0.3) is 6.08 Å². The summed E-state index contributed by atoms with van der Waals surface area (Å²) in [4.78, 5) is 37.8. The first-order valence-electron chi connectivity index (χ1n) is 10.3. The van der Waals surface area contributed by atoms with Gasteiger partial charge in [0.2, 0.25) is 5.91 Å². The molecule has 0 aromatic heterocycles. The van der Waals surface area contributed by atoms with Crippen LogP contribution in [0.1, 0.15) is 11.1 Å². The third-order valence-electron chi connectivity index (χ3n) is 4.96. The van der Waals surface area contributed by atoms with Crippen LogP contribution in [0, 0.1) is 5.82 Å². The van der Waals surface area contributed by atoms with Gasteiger partial charge in [0.15, 0.2) is 0 Å². The Morgan fingerprint density at radius 3 is 2.47 bits per heavy atom.